The van der Waals surface area contributed by atoms with Gasteiger partial charge in [0.25, 0.3) is 5.91 Å². The fourth-order valence-corrected chi connectivity index (χ4v) is 2.34. The maximum atomic E-state index is 12.5. The van der Waals surface area contributed by atoms with E-state index in [9.17, 15) is 9.59 Å². The molecule has 24 heavy (non-hydrogen) atoms. The smallest absolute Gasteiger partial charge is 0.255 e. The summed E-state index contributed by atoms with van der Waals surface area (Å²) in [5.41, 5.74) is 2.32. The van der Waals surface area contributed by atoms with Crippen molar-refractivity contribution in [3.05, 3.63) is 58.1 Å². The predicted octanol–water partition coefficient (Wildman–Crippen LogP) is 4.99. The number of anilines is 2. The van der Waals surface area contributed by atoms with Crippen LogP contribution in [0, 0.1) is 12.3 Å². The Kier molecular flexibility index (Phi) is 5.44. The average molecular weight is 389 g/mol. The van der Waals surface area contributed by atoms with Gasteiger partial charge in [-0.15, -0.1) is 0 Å². The quantitative estimate of drug-likeness (QED) is 0.777. The number of amides is 2. The molecular weight excluding hydrogens is 368 g/mol. The molecule has 2 aromatic carbocycles. The van der Waals surface area contributed by atoms with Gasteiger partial charge < -0.3 is 10.6 Å². The van der Waals surface area contributed by atoms with E-state index >= 15 is 0 Å². The Labute approximate surface area is 150 Å². The van der Waals surface area contributed by atoms with Crippen molar-refractivity contribution < 1.29 is 9.59 Å². The number of carbonyl (C=O) groups excluding carboxylic acids is 2. The number of benzene rings is 2. The zero-order chi connectivity index (χ0) is 17.9. The lowest BCUT2D eigenvalue weighted by atomic mass is 9.95. The molecule has 0 heterocycles. The second-order valence-electron chi connectivity index (χ2n) is 6.70. The van der Waals surface area contributed by atoms with Crippen LogP contribution in [-0.4, -0.2) is 11.8 Å². The summed E-state index contributed by atoms with van der Waals surface area (Å²) in [5, 5.41) is 5.73. The molecule has 0 saturated heterocycles. The summed E-state index contributed by atoms with van der Waals surface area (Å²) in [6.45, 7) is 7.46. The van der Waals surface area contributed by atoms with Gasteiger partial charge in [-0.2, -0.15) is 0 Å². The van der Waals surface area contributed by atoms with Gasteiger partial charge in [0.15, 0.2) is 0 Å². The molecule has 2 rings (SSSR count). The minimum atomic E-state index is -0.494. The molecule has 0 aliphatic rings. The Balaban J connectivity index is 2.17. The number of halogens is 1. The lowest BCUT2D eigenvalue weighted by molar-refractivity contribution is -0.123. The van der Waals surface area contributed by atoms with Crippen molar-refractivity contribution >= 4 is 39.1 Å². The standard InChI is InChI=1S/C19H21BrN2O2/c1-12-8-9-14(20)11-16(12)22-17(23)13-6-5-7-15(10-13)21-18(24)19(2,3)4/h5-11H,1-4H3,(H,21,24)(H,22,23). The first-order chi connectivity index (χ1) is 11.2. The van der Waals surface area contributed by atoms with Crippen molar-refractivity contribution in [1.82, 2.24) is 0 Å². The summed E-state index contributed by atoms with van der Waals surface area (Å²) in [6, 6.07) is 12.6. The highest BCUT2D eigenvalue weighted by atomic mass is 79.9. The van der Waals surface area contributed by atoms with Gasteiger partial charge in [-0.1, -0.05) is 48.8 Å². The van der Waals surface area contributed by atoms with E-state index in [1.54, 1.807) is 24.3 Å². The summed E-state index contributed by atoms with van der Waals surface area (Å²) in [7, 11) is 0. The molecule has 0 aliphatic heterocycles. The molecule has 2 aromatic rings. The highest BCUT2D eigenvalue weighted by Gasteiger charge is 2.21. The predicted molar refractivity (Wildman–Crippen MR) is 101 cm³/mol. The minimum absolute atomic E-state index is 0.0945. The van der Waals surface area contributed by atoms with Crippen LogP contribution in [-0.2, 0) is 4.79 Å². The number of hydrogen-bond donors (Lipinski definition) is 2. The highest BCUT2D eigenvalue weighted by Crippen LogP contribution is 2.22. The third-order valence-electron chi connectivity index (χ3n) is 3.51. The van der Waals surface area contributed by atoms with Crippen molar-refractivity contribution in [3.8, 4) is 0 Å². The zero-order valence-corrected chi connectivity index (χ0v) is 15.8. The monoisotopic (exact) mass is 388 g/mol. The maximum Gasteiger partial charge on any atom is 0.255 e. The molecule has 0 spiro atoms. The first-order valence-corrected chi connectivity index (χ1v) is 8.45. The van der Waals surface area contributed by atoms with Crippen molar-refractivity contribution in [3.63, 3.8) is 0 Å². The van der Waals surface area contributed by atoms with Crippen LogP contribution in [0.25, 0.3) is 0 Å². The third-order valence-corrected chi connectivity index (χ3v) is 4.00. The van der Waals surface area contributed by atoms with Gasteiger partial charge in [-0.25, -0.2) is 0 Å². The number of nitrogens with one attached hydrogen (secondary N) is 2. The summed E-state index contributed by atoms with van der Waals surface area (Å²) in [5.74, 6) is -0.314. The molecule has 0 aromatic heterocycles. The van der Waals surface area contributed by atoms with Crippen LogP contribution < -0.4 is 10.6 Å². The number of rotatable bonds is 3. The molecular formula is C19H21BrN2O2. The number of carbonyl (C=O) groups is 2. The molecule has 0 bridgehead atoms. The normalized spacial score (nSPS) is 11.0. The van der Waals surface area contributed by atoms with Crippen LogP contribution in [0.15, 0.2) is 46.9 Å². The largest absolute Gasteiger partial charge is 0.326 e. The van der Waals surface area contributed by atoms with Crippen molar-refractivity contribution in [2.75, 3.05) is 10.6 Å². The Morgan fingerprint density at radius 2 is 1.71 bits per heavy atom. The first-order valence-electron chi connectivity index (χ1n) is 7.66. The molecule has 126 valence electrons. The van der Waals surface area contributed by atoms with Crippen molar-refractivity contribution in [2.45, 2.75) is 27.7 Å². The molecule has 4 nitrogen and oxygen atoms in total. The zero-order valence-electron chi connectivity index (χ0n) is 14.2. The first kappa shape index (κ1) is 18.2. The van der Waals surface area contributed by atoms with E-state index in [2.05, 4.69) is 26.6 Å². The summed E-state index contributed by atoms with van der Waals surface area (Å²) < 4.78 is 0.898. The van der Waals surface area contributed by atoms with Crippen LogP contribution in [0.1, 0.15) is 36.7 Å². The van der Waals surface area contributed by atoms with E-state index in [1.807, 2.05) is 45.9 Å². The number of hydrogen-bond acceptors (Lipinski definition) is 2. The van der Waals surface area contributed by atoms with Crippen molar-refractivity contribution in [2.24, 2.45) is 5.41 Å². The van der Waals surface area contributed by atoms with Gasteiger partial charge in [0.1, 0.15) is 0 Å². The van der Waals surface area contributed by atoms with Crippen LogP contribution in [0.2, 0.25) is 0 Å². The fraction of sp³-hybridized carbons (Fsp3) is 0.263. The third kappa shape index (κ3) is 4.68. The van der Waals surface area contributed by atoms with E-state index in [0.29, 0.717) is 11.3 Å². The molecule has 5 heteroatoms. The van der Waals surface area contributed by atoms with Gasteiger partial charge in [0.05, 0.1) is 0 Å². The van der Waals surface area contributed by atoms with Gasteiger partial charge >= 0.3 is 0 Å². The van der Waals surface area contributed by atoms with E-state index in [1.165, 1.54) is 0 Å². The van der Waals surface area contributed by atoms with E-state index in [-0.39, 0.29) is 11.8 Å². The van der Waals surface area contributed by atoms with Crippen LogP contribution in [0.4, 0.5) is 11.4 Å². The Morgan fingerprint density at radius 3 is 2.38 bits per heavy atom. The van der Waals surface area contributed by atoms with Crippen LogP contribution in [0.3, 0.4) is 0 Å². The molecule has 0 aliphatic carbocycles. The van der Waals surface area contributed by atoms with Crippen LogP contribution >= 0.6 is 15.9 Å². The van der Waals surface area contributed by atoms with Gasteiger partial charge in [-0.05, 0) is 42.8 Å². The van der Waals surface area contributed by atoms with Gasteiger partial charge in [0.2, 0.25) is 5.91 Å². The minimum Gasteiger partial charge on any atom is -0.326 e. The second-order valence-corrected chi connectivity index (χ2v) is 7.61. The SMILES string of the molecule is Cc1ccc(Br)cc1NC(=O)c1cccc(NC(=O)C(C)(C)C)c1. The highest BCUT2D eigenvalue weighted by molar-refractivity contribution is 9.10. The lowest BCUT2D eigenvalue weighted by Gasteiger charge is -2.18. The molecule has 0 fully saturated rings. The molecule has 2 N–H and O–H groups in total. The Hall–Kier alpha value is -2.14. The Morgan fingerprint density at radius 1 is 1.00 bits per heavy atom. The number of aryl methyl sites for hydroxylation is 1. The second kappa shape index (κ2) is 7.18. The van der Waals surface area contributed by atoms with E-state index in [4.69, 9.17) is 0 Å². The molecule has 0 unspecified atom stereocenters. The van der Waals surface area contributed by atoms with Gasteiger partial charge in [0, 0.05) is 26.8 Å². The van der Waals surface area contributed by atoms with E-state index in [0.717, 1.165) is 15.7 Å². The molecule has 0 atom stereocenters. The van der Waals surface area contributed by atoms with Gasteiger partial charge in [-0.3, -0.25) is 9.59 Å². The topological polar surface area (TPSA) is 58.2 Å². The Bertz CT molecular complexity index is 779. The van der Waals surface area contributed by atoms with Crippen LogP contribution in [0.5, 0.6) is 0 Å². The van der Waals surface area contributed by atoms with E-state index < -0.39 is 5.41 Å². The summed E-state index contributed by atoms with van der Waals surface area (Å²) >= 11 is 3.40. The van der Waals surface area contributed by atoms with Crippen molar-refractivity contribution in [1.29, 1.82) is 0 Å². The molecule has 2 amide bonds. The fourth-order valence-electron chi connectivity index (χ4n) is 1.98. The average Bonchev–Trinajstić information content (AvgIpc) is 2.50. The lowest BCUT2D eigenvalue weighted by Crippen LogP contribution is -2.27. The maximum absolute atomic E-state index is 12.5. The molecule has 0 saturated carbocycles. The molecule has 0 radical (unpaired) electrons. The summed E-state index contributed by atoms with van der Waals surface area (Å²) in [4.78, 5) is 24.5. The summed E-state index contributed by atoms with van der Waals surface area (Å²) in [6.07, 6.45) is 0.